The Morgan fingerprint density at radius 2 is 2.14 bits per heavy atom. The first-order chi connectivity index (χ1) is 10.2. The molecule has 1 aromatic rings. The van der Waals surface area contributed by atoms with E-state index in [4.69, 9.17) is 9.26 Å². The molecule has 0 amide bonds. The van der Waals surface area contributed by atoms with E-state index >= 15 is 0 Å². The van der Waals surface area contributed by atoms with Crippen molar-refractivity contribution in [3.63, 3.8) is 0 Å². The molecule has 1 aliphatic heterocycles. The van der Waals surface area contributed by atoms with Gasteiger partial charge in [0.15, 0.2) is 5.82 Å². The van der Waals surface area contributed by atoms with Crippen molar-refractivity contribution < 1.29 is 9.26 Å². The van der Waals surface area contributed by atoms with Crippen molar-refractivity contribution in [2.45, 2.75) is 45.8 Å². The van der Waals surface area contributed by atoms with Gasteiger partial charge in [0.25, 0.3) is 0 Å². The summed E-state index contributed by atoms with van der Waals surface area (Å²) in [5, 5.41) is 7.24. The molecule has 7 heteroatoms. The second kappa shape index (κ2) is 10.2. The van der Waals surface area contributed by atoms with Crippen LogP contribution in [0.5, 0.6) is 0 Å². The molecule has 128 valence electrons. The average molecular weight is 333 g/mol. The third-order valence-corrected chi connectivity index (χ3v) is 4.13. The monoisotopic (exact) mass is 332 g/mol. The summed E-state index contributed by atoms with van der Waals surface area (Å²) in [6.07, 6.45) is 3.71. The SMILES string of the molecule is CCOC(C)c1noc(CN2CCC(CCNC)CC2)n1.Cl. The number of aromatic nitrogens is 2. The topological polar surface area (TPSA) is 63.4 Å². The minimum absolute atomic E-state index is 0. The highest BCUT2D eigenvalue weighted by Crippen LogP contribution is 2.21. The van der Waals surface area contributed by atoms with Crippen LogP contribution in [0.4, 0.5) is 0 Å². The summed E-state index contributed by atoms with van der Waals surface area (Å²) in [6, 6.07) is 0. The minimum Gasteiger partial charge on any atom is -0.371 e. The van der Waals surface area contributed by atoms with Gasteiger partial charge in [0.2, 0.25) is 5.89 Å². The van der Waals surface area contributed by atoms with Crippen molar-refractivity contribution >= 4 is 12.4 Å². The van der Waals surface area contributed by atoms with E-state index in [1.165, 1.54) is 19.3 Å². The highest BCUT2D eigenvalue weighted by molar-refractivity contribution is 5.85. The molecule has 6 nitrogen and oxygen atoms in total. The maximum atomic E-state index is 5.48. The van der Waals surface area contributed by atoms with E-state index < -0.39 is 0 Å². The number of nitrogens with one attached hydrogen (secondary N) is 1. The Morgan fingerprint density at radius 3 is 2.77 bits per heavy atom. The quantitative estimate of drug-likeness (QED) is 0.788. The summed E-state index contributed by atoms with van der Waals surface area (Å²) in [7, 11) is 2.02. The van der Waals surface area contributed by atoms with Gasteiger partial charge in [-0.3, -0.25) is 4.90 Å². The number of hydrogen-bond acceptors (Lipinski definition) is 6. The van der Waals surface area contributed by atoms with Gasteiger partial charge in [-0.05, 0) is 65.7 Å². The zero-order valence-electron chi connectivity index (χ0n) is 13.9. The zero-order chi connectivity index (χ0) is 15.1. The third-order valence-electron chi connectivity index (χ3n) is 4.13. The molecule has 1 aliphatic rings. The number of ether oxygens (including phenoxy) is 1. The summed E-state index contributed by atoms with van der Waals surface area (Å²) < 4.78 is 10.8. The average Bonchev–Trinajstić information content (AvgIpc) is 2.95. The first-order valence-corrected chi connectivity index (χ1v) is 8.04. The second-order valence-electron chi connectivity index (χ2n) is 5.76. The summed E-state index contributed by atoms with van der Waals surface area (Å²) in [4.78, 5) is 6.84. The Labute approximate surface area is 139 Å². The standard InChI is InChI=1S/C15H28N4O2.ClH/c1-4-20-12(2)15-17-14(21-18-15)11-19-9-6-13(7-10-19)5-8-16-3;/h12-13,16H,4-11H2,1-3H3;1H. The zero-order valence-corrected chi connectivity index (χ0v) is 14.7. The van der Waals surface area contributed by atoms with Crippen LogP contribution in [0.25, 0.3) is 0 Å². The maximum Gasteiger partial charge on any atom is 0.240 e. The minimum atomic E-state index is -0.0974. The van der Waals surface area contributed by atoms with E-state index in [1.807, 2.05) is 20.9 Å². The van der Waals surface area contributed by atoms with Crippen molar-refractivity contribution in [1.29, 1.82) is 0 Å². The van der Waals surface area contributed by atoms with Crippen LogP contribution in [0, 0.1) is 5.92 Å². The lowest BCUT2D eigenvalue weighted by Gasteiger charge is -2.30. The lowest BCUT2D eigenvalue weighted by Crippen LogP contribution is -2.34. The number of nitrogens with zero attached hydrogens (tertiary/aromatic N) is 3. The van der Waals surface area contributed by atoms with Crippen molar-refractivity contribution in [2.75, 3.05) is 33.3 Å². The third kappa shape index (κ3) is 5.83. The van der Waals surface area contributed by atoms with Crippen molar-refractivity contribution in [3.8, 4) is 0 Å². The van der Waals surface area contributed by atoms with Gasteiger partial charge in [-0.15, -0.1) is 12.4 Å². The molecule has 0 saturated carbocycles. The molecule has 0 radical (unpaired) electrons. The molecule has 0 aromatic carbocycles. The van der Waals surface area contributed by atoms with Gasteiger partial charge in [0.05, 0.1) is 6.54 Å². The summed E-state index contributed by atoms with van der Waals surface area (Å²) >= 11 is 0. The molecule has 22 heavy (non-hydrogen) atoms. The van der Waals surface area contributed by atoms with Gasteiger partial charge in [0.1, 0.15) is 6.10 Å². The molecule has 0 bridgehead atoms. The Hall–Kier alpha value is -0.690. The van der Waals surface area contributed by atoms with Crippen molar-refractivity contribution in [3.05, 3.63) is 11.7 Å². The Morgan fingerprint density at radius 1 is 1.41 bits per heavy atom. The fraction of sp³-hybridized carbons (Fsp3) is 0.867. The summed E-state index contributed by atoms with van der Waals surface area (Å²) in [5.74, 6) is 2.20. The fourth-order valence-electron chi connectivity index (χ4n) is 2.79. The van der Waals surface area contributed by atoms with Crippen LogP contribution >= 0.6 is 12.4 Å². The highest BCUT2D eigenvalue weighted by atomic mass is 35.5. The summed E-state index contributed by atoms with van der Waals surface area (Å²) in [5.41, 5.74) is 0. The van der Waals surface area contributed by atoms with Gasteiger partial charge in [0, 0.05) is 6.61 Å². The molecule has 1 N–H and O–H groups in total. The number of halogens is 1. The smallest absolute Gasteiger partial charge is 0.240 e. The van der Waals surface area contributed by atoms with E-state index in [1.54, 1.807) is 0 Å². The van der Waals surface area contributed by atoms with Gasteiger partial charge < -0.3 is 14.6 Å². The Kier molecular flexibility index (Phi) is 8.93. The molecular formula is C15H29ClN4O2. The normalized spacial score (nSPS) is 18.1. The van der Waals surface area contributed by atoms with Crippen LogP contribution in [0.3, 0.4) is 0 Å². The molecule has 0 spiro atoms. The molecule has 1 unspecified atom stereocenters. The van der Waals surface area contributed by atoms with Crippen LogP contribution in [-0.4, -0.2) is 48.3 Å². The number of rotatable bonds is 8. The van der Waals surface area contributed by atoms with Gasteiger partial charge >= 0.3 is 0 Å². The molecule has 2 heterocycles. The van der Waals surface area contributed by atoms with Gasteiger partial charge in [-0.25, -0.2) is 0 Å². The molecule has 0 aliphatic carbocycles. The molecule has 2 rings (SSSR count). The van der Waals surface area contributed by atoms with E-state index in [2.05, 4.69) is 20.4 Å². The molecule has 1 fully saturated rings. The van der Waals surface area contributed by atoms with Gasteiger partial charge in [-0.2, -0.15) is 4.98 Å². The van der Waals surface area contributed by atoms with Crippen molar-refractivity contribution in [1.82, 2.24) is 20.4 Å². The Balaban J connectivity index is 0.00000242. The van der Waals surface area contributed by atoms with E-state index in [-0.39, 0.29) is 18.5 Å². The van der Waals surface area contributed by atoms with Crippen LogP contribution in [0.1, 0.15) is 50.9 Å². The molecule has 1 saturated heterocycles. The number of likely N-dealkylation sites (tertiary alicyclic amines) is 1. The lowest BCUT2D eigenvalue weighted by molar-refractivity contribution is 0.0683. The fourth-order valence-corrected chi connectivity index (χ4v) is 2.79. The van der Waals surface area contributed by atoms with Crippen LogP contribution in [-0.2, 0) is 11.3 Å². The number of piperidine rings is 1. The van der Waals surface area contributed by atoms with Gasteiger partial charge in [-0.1, -0.05) is 5.16 Å². The Bertz CT molecular complexity index is 408. The van der Waals surface area contributed by atoms with Crippen LogP contribution in [0.2, 0.25) is 0 Å². The largest absolute Gasteiger partial charge is 0.371 e. The molecular weight excluding hydrogens is 304 g/mol. The maximum absolute atomic E-state index is 5.48. The van der Waals surface area contributed by atoms with E-state index in [9.17, 15) is 0 Å². The molecule has 1 atom stereocenters. The van der Waals surface area contributed by atoms with E-state index in [0.29, 0.717) is 18.3 Å². The summed E-state index contributed by atoms with van der Waals surface area (Å²) in [6.45, 7) is 8.68. The molecule has 1 aromatic heterocycles. The predicted molar refractivity (Wildman–Crippen MR) is 88.1 cm³/mol. The first kappa shape index (κ1) is 19.4. The predicted octanol–water partition coefficient (Wildman–Crippen LogP) is 2.41. The van der Waals surface area contributed by atoms with Crippen LogP contribution in [0.15, 0.2) is 4.52 Å². The van der Waals surface area contributed by atoms with Crippen LogP contribution < -0.4 is 5.32 Å². The van der Waals surface area contributed by atoms with E-state index in [0.717, 1.165) is 32.1 Å². The number of hydrogen-bond donors (Lipinski definition) is 1. The first-order valence-electron chi connectivity index (χ1n) is 8.04. The second-order valence-corrected chi connectivity index (χ2v) is 5.76. The van der Waals surface area contributed by atoms with Crippen molar-refractivity contribution in [2.24, 2.45) is 5.92 Å². The lowest BCUT2D eigenvalue weighted by atomic mass is 9.93. The highest BCUT2D eigenvalue weighted by Gasteiger charge is 2.21.